The number of nitrogens with zero attached hydrogens (tertiary/aromatic N) is 1. The largest absolute Gasteiger partial charge is 0.347 e. The van der Waals surface area contributed by atoms with Crippen molar-refractivity contribution in [3.05, 3.63) is 95.3 Å². The van der Waals surface area contributed by atoms with E-state index in [1.807, 2.05) is 61.5 Å². The maximum atomic E-state index is 12.4. The summed E-state index contributed by atoms with van der Waals surface area (Å²) in [6.45, 7) is 2.33. The molecular weight excluding hydrogens is 326 g/mol. The summed E-state index contributed by atoms with van der Waals surface area (Å²) in [6.07, 6.45) is 1.46. The van der Waals surface area contributed by atoms with Crippen molar-refractivity contribution >= 4 is 17.5 Å². The Morgan fingerprint density at radius 1 is 0.923 bits per heavy atom. The van der Waals surface area contributed by atoms with Crippen molar-refractivity contribution in [2.45, 2.75) is 13.5 Å². The first-order valence-corrected chi connectivity index (χ1v) is 8.28. The number of rotatable bonds is 5. The van der Waals surface area contributed by atoms with E-state index in [1.54, 1.807) is 6.07 Å². The van der Waals surface area contributed by atoms with Crippen LogP contribution in [0.1, 0.15) is 32.0 Å². The van der Waals surface area contributed by atoms with Gasteiger partial charge in [0.1, 0.15) is 5.69 Å². The molecule has 2 aromatic carbocycles. The summed E-state index contributed by atoms with van der Waals surface area (Å²) in [7, 11) is 0. The molecule has 0 atom stereocenters. The van der Waals surface area contributed by atoms with Gasteiger partial charge in [0.15, 0.2) is 0 Å². The van der Waals surface area contributed by atoms with Gasteiger partial charge < -0.3 is 10.6 Å². The zero-order valence-electron chi connectivity index (χ0n) is 14.4. The first kappa shape index (κ1) is 17.4. The Morgan fingerprint density at radius 3 is 2.42 bits per heavy atom. The van der Waals surface area contributed by atoms with E-state index < -0.39 is 0 Å². The zero-order valence-corrected chi connectivity index (χ0v) is 14.4. The van der Waals surface area contributed by atoms with Crippen LogP contribution >= 0.6 is 0 Å². The van der Waals surface area contributed by atoms with Gasteiger partial charge in [-0.15, -0.1) is 0 Å². The lowest BCUT2D eigenvalue weighted by Gasteiger charge is -2.09. The molecule has 1 aromatic heterocycles. The molecule has 5 nitrogen and oxygen atoms in total. The van der Waals surface area contributed by atoms with Gasteiger partial charge in [0, 0.05) is 24.0 Å². The molecular formula is C21H19N3O2. The van der Waals surface area contributed by atoms with E-state index >= 15 is 0 Å². The number of carbonyl (C=O) groups excluding carboxylic acids is 2. The van der Waals surface area contributed by atoms with Gasteiger partial charge in [0.25, 0.3) is 11.8 Å². The van der Waals surface area contributed by atoms with E-state index in [0.717, 1.165) is 16.8 Å². The van der Waals surface area contributed by atoms with Crippen molar-refractivity contribution in [1.29, 1.82) is 0 Å². The summed E-state index contributed by atoms with van der Waals surface area (Å²) in [5.74, 6) is -0.599. The molecule has 1 heterocycles. The summed E-state index contributed by atoms with van der Waals surface area (Å²) in [6, 6.07) is 20.2. The van der Waals surface area contributed by atoms with Crippen molar-refractivity contribution in [2.75, 3.05) is 5.32 Å². The van der Waals surface area contributed by atoms with E-state index in [4.69, 9.17) is 0 Å². The number of amides is 2. The van der Waals surface area contributed by atoms with E-state index in [2.05, 4.69) is 15.6 Å². The van der Waals surface area contributed by atoms with Crippen LogP contribution in [0.25, 0.3) is 0 Å². The van der Waals surface area contributed by atoms with Crippen molar-refractivity contribution in [1.82, 2.24) is 10.3 Å². The van der Waals surface area contributed by atoms with Crippen molar-refractivity contribution in [3.63, 3.8) is 0 Å². The number of carbonyl (C=O) groups is 2. The third-order valence-corrected chi connectivity index (χ3v) is 3.94. The molecule has 0 saturated carbocycles. The number of hydrogen-bond acceptors (Lipinski definition) is 3. The van der Waals surface area contributed by atoms with Crippen LogP contribution in [0, 0.1) is 6.92 Å². The Balaban J connectivity index is 1.68. The van der Waals surface area contributed by atoms with Crippen LogP contribution in [0.5, 0.6) is 0 Å². The second-order valence-corrected chi connectivity index (χ2v) is 5.87. The van der Waals surface area contributed by atoms with Gasteiger partial charge in [-0.3, -0.25) is 14.6 Å². The molecule has 0 aliphatic rings. The predicted molar refractivity (Wildman–Crippen MR) is 101 cm³/mol. The molecule has 3 rings (SSSR count). The number of aryl methyl sites for hydroxylation is 1. The molecule has 26 heavy (non-hydrogen) atoms. The summed E-state index contributed by atoms with van der Waals surface area (Å²) in [5.41, 5.74) is 3.29. The van der Waals surface area contributed by atoms with Gasteiger partial charge in [0.05, 0.1) is 0 Å². The van der Waals surface area contributed by atoms with E-state index in [9.17, 15) is 9.59 Å². The molecule has 0 fully saturated rings. The standard InChI is InChI=1S/C21H19N3O2/c1-15-7-5-6-10-18(15)24-20(25)17-11-12-22-19(13-17)21(26)23-14-16-8-3-2-4-9-16/h2-13H,14H2,1H3,(H,23,26)(H,24,25). The van der Waals surface area contributed by atoms with E-state index in [-0.39, 0.29) is 17.5 Å². The first-order valence-electron chi connectivity index (χ1n) is 8.28. The van der Waals surface area contributed by atoms with Crippen LogP contribution in [0.15, 0.2) is 72.9 Å². The molecule has 0 bridgehead atoms. The number of aromatic nitrogens is 1. The predicted octanol–water partition coefficient (Wildman–Crippen LogP) is 3.57. The fraction of sp³-hybridized carbons (Fsp3) is 0.0952. The maximum Gasteiger partial charge on any atom is 0.270 e. The number of anilines is 1. The van der Waals surface area contributed by atoms with Gasteiger partial charge in [-0.25, -0.2) is 0 Å². The van der Waals surface area contributed by atoms with Crippen LogP contribution in [0.2, 0.25) is 0 Å². The highest BCUT2D eigenvalue weighted by Gasteiger charge is 2.12. The quantitative estimate of drug-likeness (QED) is 0.742. The van der Waals surface area contributed by atoms with Gasteiger partial charge >= 0.3 is 0 Å². The summed E-state index contributed by atoms with van der Waals surface area (Å²) < 4.78 is 0. The Kier molecular flexibility index (Phi) is 5.39. The molecule has 5 heteroatoms. The SMILES string of the molecule is Cc1ccccc1NC(=O)c1ccnc(C(=O)NCc2ccccc2)c1. The molecule has 0 radical (unpaired) electrons. The van der Waals surface area contributed by atoms with Gasteiger partial charge in [-0.2, -0.15) is 0 Å². The van der Waals surface area contributed by atoms with Gasteiger partial charge in [-0.05, 0) is 36.2 Å². The second-order valence-electron chi connectivity index (χ2n) is 5.87. The Bertz CT molecular complexity index is 923. The second kappa shape index (κ2) is 8.07. The summed E-state index contributed by atoms with van der Waals surface area (Å²) in [5, 5.41) is 5.66. The van der Waals surface area contributed by atoms with E-state index in [1.165, 1.54) is 12.3 Å². The molecule has 0 unspecified atom stereocenters. The highest BCUT2D eigenvalue weighted by molar-refractivity contribution is 6.06. The van der Waals surface area contributed by atoms with Gasteiger partial charge in [-0.1, -0.05) is 48.5 Å². The maximum absolute atomic E-state index is 12.4. The number of hydrogen-bond donors (Lipinski definition) is 2. The van der Waals surface area contributed by atoms with Crippen LogP contribution in [0.3, 0.4) is 0 Å². The fourth-order valence-electron chi connectivity index (χ4n) is 2.47. The first-order chi connectivity index (χ1) is 12.6. The molecule has 130 valence electrons. The third-order valence-electron chi connectivity index (χ3n) is 3.94. The minimum Gasteiger partial charge on any atom is -0.347 e. The lowest BCUT2D eigenvalue weighted by atomic mass is 10.1. The van der Waals surface area contributed by atoms with Crippen LogP contribution in [-0.4, -0.2) is 16.8 Å². The van der Waals surface area contributed by atoms with Gasteiger partial charge in [0.2, 0.25) is 0 Å². The highest BCUT2D eigenvalue weighted by atomic mass is 16.2. The summed E-state index contributed by atoms with van der Waals surface area (Å²) in [4.78, 5) is 28.8. The molecule has 2 amide bonds. The number of pyridine rings is 1. The molecule has 0 aliphatic heterocycles. The average Bonchev–Trinajstić information content (AvgIpc) is 2.69. The molecule has 0 aliphatic carbocycles. The Morgan fingerprint density at radius 2 is 1.65 bits per heavy atom. The number of para-hydroxylation sites is 1. The smallest absolute Gasteiger partial charge is 0.270 e. The van der Waals surface area contributed by atoms with E-state index in [0.29, 0.717) is 12.1 Å². The molecule has 0 spiro atoms. The summed E-state index contributed by atoms with van der Waals surface area (Å²) >= 11 is 0. The monoisotopic (exact) mass is 345 g/mol. The lowest BCUT2D eigenvalue weighted by Crippen LogP contribution is -2.24. The van der Waals surface area contributed by atoms with Crippen LogP contribution < -0.4 is 10.6 Å². The topological polar surface area (TPSA) is 71.1 Å². The van der Waals surface area contributed by atoms with Crippen LogP contribution in [-0.2, 0) is 6.54 Å². The Hall–Kier alpha value is -3.47. The molecule has 0 saturated heterocycles. The van der Waals surface area contributed by atoms with Crippen molar-refractivity contribution < 1.29 is 9.59 Å². The highest BCUT2D eigenvalue weighted by Crippen LogP contribution is 2.15. The fourth-order valence-corrected chi connectivity index (χ4v) is 2.47. The number of benzene rings is 2. The minimum absolute atomic E-state index is 0.207. The average molecular weight is 345 g/mol. The van der Waals surface area contributed by atoms with Crippen molar-refractivity contribution in [2.24, 2.45) is 0 Å². The zero-order chi connectivity index (χ0) is 18.4. The normalized spacial score (nSPS) is 10.2. The Labute approximate surface area is 152 Å². The molecule has 2 N–H and O–H groups in total. The van der Waals surface area contributed by atoms with Crippen LogP contribution in [0.4, 0.5) is 5.69 Å². The molecule has 3 aromatic rings. The lowest BCUT2D eigenvalue weighted by molar-refractivity contribution is 0.0946. The third kappa shape index (κ3) is 4.33. The minimum atomic E-state index is -0.320. The number of nitrogens with one attached hydrogen (secondary N) is 2. The van der Waals surface area contributed by atoms with Crippen molar-refractivity contribution in [3.8, 4) is 0 Å².